The molecule has 21 aromatic carbocycles. The van der Waals surface area contributed by atoms with E-state index in [-0.39, 0.29) is 14.5 Å². The molecule has 664 valence electrons. The van der Waals surface area contributed by atoms with Crippen molar-refractivity contribution in [3.63, 3.8) is 0 Å². The standard InChI is InChI=1S/C43H27N3Se.2C43H29N3Se/c1-3-12-28(13-4-1)31-17-9-18-32(26-31)42-44-41(30-14-5-2-6-15-30)45-43(46-42)33-25-24-29-16-10-20-34(38(29)27-33)36-21-11-22-37-35-19-7-8-23-39(35)47-40(36)37;47-40-34(30-16-6-2-7-17-30)22-11-26-38(40)36-24-12-25-37-35(36)23-13-27-39(37)43-45-41(31-18-8-3-9-19-31)44-42(46-43)33-21-10-20-32(28-33)29-14-4-1-5-15-29;47-40-37(31-14-6-2-7-15-31)19-11-21-39(40)38-20-10-18-34-28-35(26-27-36(34)38)43-45-41(32-16-8-3-9-17-32)44-42(46-43)33-24-22-30(23-25-33)29-12-4-1-5-13-29/h1-27H;2*1-28,47H. The summed E-state index contributed by atoms with van der Waals surface area (Å²) in [6, 6.07) is 176. The average molecular weight is 2000 g/mol. The van der Waals surface area contributed by atoms with Gasteiger partial charge in [0.05, 0.1) is 0 Å². The van der Waals surface area contributed by atoms with Crippen LogP contribution in [0.1, 0.15) is 0 Å². The number of fused-ring (bicyclic) bond motifs is 6. The van der Waals surface area contributed by atoms with Crippen LogP contribution in [0.2, 0.25) is 0 Å². The Morgan fingerprint density at radius 3 is 0.879 bits per heavy atom. The molecule has 0 amide bonds. The monoisotopic (exact) mass is 2000 g/mol. The van der Waals surface area contributed by atoms with Crippen LogP contribution < -0.4 is 8.92 Å². The first-order valence-electron chi connectivity index (χ1n) is 46.9. The Bertz CT molecular complexity index is 8910. The molecule has 141 heavy (non-hydrogen) atoms. The molecule has 12 heteroatoms. The molecule has 0 N–H and O–H groups in total. The van der Waals surface area contributed by atoms with Gasteiger partial charge in [-0.1, -0.05) is 146 Å². The molecule has 4 aromatic heterocycles. The Morgan fingerprint density at radius 2 is 0.404 bits per heavy atom. The fourth-order valence-corrected chi connectivity index (χ4v) is 22.9. The van der Waals surface area contributed by atoms with Crippen molar-refractivity contribution < 1.29 is 0 Å². The average Bonchev–Trinajstić information content (AvgIpc) is 1.12. The zero-order valence-corrected chi connectivity index (χ0v) is 81.7. The second-order valence-corrected chi connectivity index (χ2v) is 38.5. The van der Waals surface area contributed by atoms with E-state index in [1.165, 1.54) is 106 Å². The summed E-state index contributed by atoms with van der Waals surface area (Å²) in [5, 5.41) is 9.68. The summed E-state index contributed by atoms with van der Waals surface area (Å²) in [5.41, 5.74) is 27.6. The molecule has 9 nitrogen and oxygen atoms in total. The molecule has 0 radical (unpaired) electrons. The van der Waals surface area contributed by atoms with Crippen LogP contribution in [0.15, 0.2) is 504 Å². The summed E-state index contributed by atoms with van der Waals surface area (Å²) < 4.78 is 5.30. The second-order valence-electron chi connectivity index (χ2n) is 34.5. The van der Waals surface area contributed by atoms with E-state index in [1.54, 1.807) is 0 Å². The first kappa shape index (κ1) is 88.0. The molecule has 0 aliphatic heterocycles. The van der Waals surface area contributed by atoms with Crippen LogP contribution >= 0.6 is 0 Å². The van der Waals surface area contributed by atoms with Crippen LogP contribution in [-0.4, -0.2) is 91.4 Å². The van der Waals surface area contributed by atoms with Gasteiger partial charge in [0.15, 0.2) is 0 Å². The first-order chi connectivity index (χ1) is 69.7. The third-order valence-electron chi connectivity index (χ3n) is 25.7. The molecule has 0 unspecified atom stereocenters. The van der Waals surface area contributed by atoms with Gasteiger partial charge in [-0.3, -0.25) is 0 Å². The van der Waals surface area contributed by atoms with E-state index in [4.69, 9.17) is 44.9 Å². The number of aromatic nitrogens is 9. The minimum absolute atomic E-state index is 0.254. The summed E-state index contributed by atoms with van der Waals surface area (Å²) in [4.78, 5) is 45.3. The molecule has 4 heterocycles. The second kappa shape index (κ2) is 40.0. The van der Waals surface area contributed by atoms with Crippen molar-refractivity contribution in [2.24, 2.45) is 0 Å². The van der Waals surface area contributed by atoms with Gasteiger partial charge in [0.2, 0.25) is 0 Å². The number of benzene rings is 21. The van der Waals surface area contributed by atoms with Gasteiger partial charge in [0.1, 0.15) is 0 Å². The Balaban J connectivity index is 0.000000118. The molecule has 0 fully saturated rings. The van der Waals surface area contributed by atoms with E-state index < -0.39 is 0 Å². The molecule has 0 saturated carbocycles. The van der Waals surface area contributed by atoms with Crippen LogP contribution in [0, 0.1) is 0 Å². The first-order valence-corrected chi connectivity index (χ1v) is 50.5. The van der Waals surface area contributed by atoms with Crippen molar-refractivity contribution in [2.45, 2.75) is 0 Å². The van der Waals surface area contributed by atoms with E-state index in [1.807, 2.05) is 97.1 Å². The summed E-state index contributed by atoms with van der Waals surface area (Å²) in [6.07, 6.45) is 0. The molecule has 25 rings (SSSR count). The Morgan fingerprint density at radius 1 is 0.135 bits per heavy atom. The molecule has 0 aliphatic carbocycles. The van der Waals surface area contributed by atoms with E-state index in [9.17, 15) is 0 Å². The van der Waals surface area contributed by atoms with Crippen LogP contribution in [0.4, 0.5) is 0 Å². The number of hydrogen-bond acceptors (Lipinski definition) is 9. The van der Waals surface area contributed by atoms with Gasteiger partial charge in [-0.2, -0.15) is 0 Å². The van der Waals surface area contributed by atoms with Gasteiger partial charge in [0, 0.05) is 0 Å². The number of rotatable bonds is 17. The number of nitrogens with zero attached hydrogens (tertiary/aromatic N) is 9. The molecule has 0 atom stereocenters. The Kier molecular flexibility index (Phi) is 24.9. The van der Waals surface area contributed by atoms with Crippen molar-refractivity contribution in [1.29, 1.82) is 0 Å². The van der Waals surface area contributed by atoms with Crippen LogP contribution in [0.25, 0.3) is 243 Å². The largest absolute Gasteiger partial charge is 0.0617 e. The molecular formula is C129H85N9Se3. The maximum absolute atomic E-state index is 5.13. The van der Waals surface area contributed by atoms with Gasteiger partial charge < -0.3 is 0 Å². The van der Waals surface area contributed by atoms with Crippen molar-refractivity contribution in [1.82, 2.24) is 44.9 Å². The van der Waals surface area contributed by atoms with Gasteiger partial charge in [-0.15, -0.1) is 0 Å². The van der Waals surface area contributed by atoms with Gasteiger partial charge in [-0.05, 0) is 22.3 Å². The van der Waals surface area contributed by atoms with Crippen molar-refractivity contribution in [3.8, 4) is 192 Å². The predicted octanol–water partition coefficient (Wildman–Crippen LogP) is 29.8. The minimum atomic E-state index is 0.254. The van der Waals surface area contributed by atoms with E-state index >= 15 is 0 Å². The summed E-state index contributed by atoms with van der Waals surface area (Å²) in [6.45, 7) is 0. The molecule has 25 aromatic rings. The topological polar surface area (TPSA) is 116 Å². The number of hydrogen-bond donors (Lipinski definition) is 0. The van der Waals surface area contributed by atoms with Gasteiger partial charge in [-0.25, -0.2) is 0 Å². The van der Waals surface area contributed by atoms with Crippen molar-refractivity contribution in [2.75, 3.05) is 0 Å². The van der Waals surface area contributed by atoms with Crippen LogP contribution in [-0.2, 0) is 0 Å². The van der Waals surface area contributed by atoms with Gasteiger partial charge in [0.25, 0.3) is 0 Å². The third kappa shape index (κ3) is 18.5. The van der Waals surface area contributed by atoms with E-state index in [2.05, 4.69) is 438 Å². The summed E-state index contributed by atoms with van der Waals surface area (Å²) >= 11 is 5.85. The Labute approximate surface area is 840 Å². The molecular weight excluding hydrogens is 1910 g/mol. The van der Waals surface area contributed by atoms with Crippen molar-refractivity contribution >= 4 is 107 Å². The predicted molar refractivity (Wildman–Crippen MR) is 590 cm³/mol. The molecule has 0 saturated heterocycles. The normalized spacial score (nSPS) is 11.2. The molecule has 0 aliphatic rings. The smallest absolute Gasteiger partial charge is 0.0544 e. The fraction of sp³-hybridized carbons (Fsp3) is 0. The zero-order valence-electron chi connectivity index (χ0n) is 76.2. The summed E-state index contributed by atoms with van der Waals surface area (Å²) in [5.74, 6) is 5.85. The third-order valence-corrected chi connectivity index (χ3v) is 30.2. The molecule has 0 bridgehead atoms. The minimum Gasteiger partial charge on any atom is -0.0617 e. The maximum Gasteiger partial charge on any atom is -0.0544 e. The van der Waals surface area contributed by atoms with E-state index in [0.29, 0.717) is 52.4 Å². The van der Waals surface area contributed by atoms with Gasteiger partial charge >= 0.3 is 679 Å². The van der Waals surface area contributed by atoms with Crippen LogP contribution in [0.3, 0.4) is 0 Å². The quantitative estimate of drug-likeness (QED) is 0.0822. The SMILES string of the molecule is [SeH]c1c(-c2ccccc2)cccc1-c1cccc2c(-c3nc(-c4ccccc4)nc(-c4cccc(-c5ccccc5)c4)n3)cccc12.[SeH]c1c(-c2ccccc2)cccc1-c1cccc2cc(-c3nc(-c4ccccc4)nc(-c4ccc(-c5ccccc5)cc4)n3)ccc12.c1ccc(-c2cccc(-c3nc(-c4ccccc4)nc(-c4ccc5cccc(-c6cccc7c6[se]c6ccccc67)c5c4)n3)c2)cc1. The van der Waals surface area contributed by atoms with Crippen LogP contribution in [0.5, 0.6) is 0 Å². The van der Waals surface area contributed by atoms with Crippen molar-refractivity contribution in [3.05, 3.63) is 504 Å². The fourth-order valence-electron chi connectivity index (χ4n) is 18.6. The zero-order chi connectivity index (χ0) is 94.3. The summed E-state index contributed by atoms with van der Waals surface area (Å²) in [7, 11) is 0. The van der Waals surface area contributed by atoms with E-state index in [0.717, 1.165) is 94.0 Å². The Hall–Kier alpha value is -17.0. The maximum atomic E-state index is 5.13. The molecule has 0 spiro atoms.